The Balaban J connectivity index is 2.85. The molecule has 0 amide bonds. The normalized spacial score (nSPS) is 11.1. The maximum Gasteiger partial charge on any atom is 0.143 e. The van der Waals surface area contributed by atoms with Crippen molar-refractivity contribution in [2.45, 2.75) is 6.54 Å². The fourth-order valence-corrected chi connectivity index (χ4v) is 3.21. The lowest BCUT2D eigenvalue weighted by molar-refractivity contribution is 0.417. The average molecular weight is 318 g/mol. The van der Waals surface area contributed by atoms with Gasteiger partial charge >= 0.3 is 0 Å². The first-order valence-electron chi connectivity index (χ1n) is 5.25. The summed E-state index contributed by atoms with van der Waals surface area (Å²) in [6.07, 6.45) is 0. The van der Waals surface area contributed by atoms with Crippen molar-refractivity contribution in [3.05, 3.63) is 27.3 Å². The van der Waals surface area contributed by atoms with Crippen LogP contribution in [-0.4, -0.2) is 18.7 Å². The minimum Gasteiger partial charge on any atom is -0.495 e. The van der Waals surface area contributed by atoms with Gasteiger partial charge in [0.25, 0.3) is 0 Å². The average Bonchev–Trinajstić information content (AvgIpc) is 2.56. The molecule has 0 fully saturated rings. The lowest BCUT2D eigenvalue weighted by atomic mass is 10.2. The molecular weight excluding hydrogens is 304 g/mol. The number of halogens is 2. The largest absolute Gasteiger partial charge is 0.495 e. The van der Waals surface area contributed by atoms with Gasteiger partial charge in [-0.25, -0.2) is 0 Å². The topological polar surface area (TPSA) is 26.2 Å². The van der Waals surface area contributed by atoms with Crippen LogP contribution in [0.25, 0.3) is 10.9 Å². The molecule has 0 saturated heterocycles. The Morgan fingerprint density at radius 1 is 1.47 bits per heavy atom. The summed E-state index contributed by atoms with van der Waals surface area (Å²) in [5.41, 5.74) is 2.16. The summed E-state index contributed by atoms with van der Waals surface area (Å²) in [5.74, 6) is 0.829. The van der Waals surface area contributed by atoms with Gasteiger partial charge in [0.15, 0.2) is 0 Å². The number of aromatic nitrogens is 1. The molecule has 2 aromatic rings. The predicted molar refractivity (Wildman–Crippen MR) is 74.9 cm³/mol. The third-order valence-electron chi connectivity index (χ3n) is 2.87. The summed E-state index contributed by atoms with van der Waals surface area (Å²) in [6.45, 7) is 0.769. The molecule has 1 N–H and O–H groups in total. The van der Waals surface area contributed by atoms with Crippen LogP contribution in [0.5, 0.6) is 5.75 Å². The van der Waals surface area contributed by atoms with Crippen molar-refractivity contribution in [2.75, 3.05) is 14.2 Å². The maximum atomic E-state index is 6.26. The highest BCUT2D eigenvalue weighted by molar-refractivity contribution is 9.10. The molecule has 0 aliphatic rings. The van der Waals surface area contributed by atoms with Crippen molar-refractivity contribution in [3.63, 3.8) is 0 Å². The Kier molecular flexibility index (Phi) is 3.66. The van der Waals surface area contributed by atoms with Crippen molar-refractivity contribution < 1.29 is 4.74 Å². The second kappa shape index (κ2) is 4.88. The Bertz CT molecular complexity index is 565. The number of ether oxygens (including phenoxy) is 1. The van der Waals surface area contributed by atoms with Crippen LogP contribution in [-0.2, 0) is 13.6 Å². The Hall–Kier alpha value is -0.710. The van der Waals surface area contributed by atoms with Crippen LogP contribution in [0.4, 0.5) is 0 Å². The van der Waals surface area contributed by atoms with E-state index in [1.54, 1.807) is 7.11 Å². The number of hydrogen-bond donors (Lipinski definition) is 1. The van der Waals surface area contributed by atoms with Crippen LogP contribution in [0.2, 0.25) is 5.02 Å². The van der Waals surface area contributed by atoms with Gasteiger partial charge in [0.2, 0.25) is 0 Å². The van der Waals surface area contributed by atoms with Crippen molar-refractivity contribution >= 4 is 38.4 Å². The summed E-state index contributed by atoms with van der Waals surface area (Å²) >= 11 is 9.87. The van der Waals surface area contributed by atoms with E-state index in [2.05, 4.69) is 25.8 Å². The Morgan fingerprint density at radius 3 is 2.76 bits per heavy atom. The van der Waals surface area contributed by atoms with E-state index < -0.39 is 0 Å². The lowest BCUT2D eigenvalue weighted by Gasteiger charge is -2.07. The van der Waals surface area contributed by atoms with Crippen LogP contribution < -0.4 is 10.1 Å². The molecule has 0 atom stereocenters. The van der Waals surface area contributed by atoms with Gasteiger partial charge in [-0.1, -0.05) is 11.6 Å². The second-order valence-corrected chi connectivity index (χ2v) is 5.02. The van der Waals surface area contributed by atoms with E-state index in [0.29, 0.717) is 0 Å². The molecule has 0 unspecified atom stereocenters. The summed E-state index contributed by atoms with van der Waals surface area (Å²) in [5, 5.41) is 4.88. The molecule has 0 bridgehead atoms. The highest BCUT2D eigenvalue weighted by Gasteiger charge is 2.18. The zero-order chi connectivity index (χ0) is 12.6. The summed E-state index contributed by atoms with van der Waals surface area (Å²) in [6, 6.07) is 3.75. The third-order valence-corrected chi connectivity index (χ3v) is 4.04. The number of rotatable bonds is 3. The van der Waals surface area contributed by atoms with Gasteiger partial charge in [-0.05, 0) is 35.1 Å². The fourth-order valence-electron chi connectivity index (χ4n) is 2.04. The van der Waals surface area contributed by atoms with Crippen LogP contribution in [0.3, 0.4) is 0 Å². The third kappa shape index (κ3) is 1.94. The van der Waals surface area contributed by atoms with Gasteiger partial charge < -0.3 is 14.6 Å². The SMILES string of the molecule is CNCc1c(Br)c2c(Cl)ccc(OC)c2n1C. The van der Waals surface area contributed by atoms with E-state index in [-0.39, 0.29) is 0 Å². The van der Waals surface area contributed by atoms with E-state index in [1.165, 1.54) is 0 Å². The first kappa shape index (κ1) is 12.7. The monoisotopic (exact) mass is 316 g/mol. The molecule has 17 heavy (non-hydrogen) atoms. The summed E-state index contributed by atoms with van der Waals surface area (Å²) < 4.78 is 8.51. The minimum atomic E-state index is 0.727. The zero-order valence-electron chi connectivity index (χ0n) is 9.97. The molecule has 1 heterocycles. The van der Waals surface area contributed by atoms with E-state index in [9.17, 15) is 0 Å². The van der Waals surface area contributed by atoms with Crippen molar-refractivity contribution in [1.82, 2.24) is 9.88 Å². The molecule has 92 valence electrons. The Morgan fingerprint density at radius 2 is 2.18 bits per heavy atom. The molecule has 0 spiro atoms. The summed E-state index contributed by atoms with van der Waals surface area (Å²) in [7, 11) is 5.60. The maximum absolute atomic E-state index is 6.26. The van der Waals surface area contributed by atoms with Gasteiger partial charge in [-0.2, -0.15) is 0 Å². The van der Waals surface area contributed by atoms with Crippen LogP contribution >= 0.6 is 27.5 Å². The smallest absolute Gasteiger partial charge is 0.143 e. The van der Waals surface area contributed by atoms with Crippen LogP contribution in [0.1, 0.15) is 5.69 Å². The first-order valence-corrected chi connectivity index (χ1v) is 6.42. The minimum absolute atomic E-state index is 0.727. The van der Waals surface area contributed by atoms with Crippen molar-refractivity contribution in [3.8, 4) is 5.75 Å². The zero-order valence-corrected chi connectivity index (χ0v) is 12.3. The van der Waals surface area contributed by atoms with Crippen molar-refractivity contribution in [1.29, 1.82) is 0 Å². The van der Waals surface area contributed by atoms with Gasteiger partial charge in [0.1, 0.15) is 5.75 Å². The highest BCUT2D eigenvalue weighted by atomic mass is 79.9. The first-order chi connectivity index (χ1) is 8.11. The van der Waals surface area contributed by atoms with Crippen LogP contribution in [0.15, 0.2) is 16.6 Å². The number of fused-ring (bicyclic) bond motifs is 1. The lowest BCUT2D eigenvalue weighted by Crippen LogP contribution is -2.09. The quantitative estimate of drug-likeness (QED) is 0.940. The Labute approximate surface area is 114 Å². The fraction of sp³-hybridized carbons (Fsp3) is 0.333. The summed E-state index contributed by atoms with van der Waals surface area (Å²) in [4.78, 5) is 0. The number of nitrogens with zero attached hydrogens (tertiary/aromatic N) is 1. The molecule has 2 rings (SSSR count). The predicted octanol–water partition coefficient (Wildman–Crippen LogP) is 3.32. The van der Waals surface area contributed by atoms with Crippen LogP contribution in [0, 0.1) is 0 Å². The van der Waals surface area contributed by atoms with Gasteiger partial charge in [0.05, 0.1) is 17.6 Å². The molecule has 1 aromatic carbocycles. The number of benzene rings is 1. The molecule has 0 aliphatic carbocycles. The molecule has 1 aromatic heterocycles. The molecule has 0 saturated carbocycles. The standard InChI is InChI=1S/C12H14BrClN2O/c1-15-6-8-11(13)10-7(14)4-5-9(17-3)12(10)16(8)2/h4-5,15H,6H2,1-3H3. The van der Waals surface area contributed by atoms with E-state index in [4.69, 9.17) is 16.3 Å². The van der Waals surface area contributed by atoms with E-state index in [1.807, 2.05) is 26.2 Å². The van der Waals surface area contributed by atoms with E-state index in [0.717, 1.165) is 38.4 Å². The molecule has 5 heteroatoms. The van der Waals surface area contributed by atoms with Gasteiger partial charge in [-0.15, -0.1) is 0 Å². The highest BCUT2D eigenvalue weighted by Crippen LogP contribution is 2.39. The number of hydrogen-bond acceptors (Lipinski definition) is 2. The number of methoxy groups -OCH3 is 1. The van der Waals surface area contributed by atoms with Crippen molar-refractivity contribution in [2.24, 2.45) is 7.05 Å². The number of aryl methyl sites for hydroxylation is 1. The molecular formula is C12H14BrClN2O. The molecule has 0 radical (unpaired) electrons. The second-order valence-electron chi connectivity index (χ2n) is 3.82. The molecule has 3 nitrogen and oxygen atoms in total. The molecule has 0 aliphatic heterocycles. The number of nitrogens with one attached hydrogen (secondary N) is 1. The van der Waals surface area contributed by atoms with E-state index >= 15 is 0 Å². The van der Waals surface area contributed by atoms with Gasteiger partial charge in [-0.3, -0.25) is 0 Å². The van der Waals surface area contributed by atoms with Gasteiger partial charge in [0, 0.05) is 29.1 Å².